The fourth-order valence-electron chi connectivity index (χ4n) is 1.41. The number of esters is 1. The summed E-state index contributed by atoms with van der Waals surface area (Å²) in [6, 6.07) is 0.807. The van der Waals surface area contributed by atoms with Crippen LogP contribution in [0.15, 0.2) is 12.1 Å². The molecule has 0 bridgehead atoms. The lowest BCUT2D eigenvalue weighted by Crippen LogP contribution is -2.19. The van der Waals surface area contributed by atoms with Gasteiger partial charge in [-0.05, 0) is 19.1 Å². The quantitative estimate of drug-likeness (QED) is 0.850. The van der Waals surface area contributed by atoms with Crippen molar-refractivity contribution in [1.29, 1.82) is 0 Å². The molecule has 0 amide bonds. The predicted octanol–water partition coefficient (Wildman–Crippen LogP) is 2.57. The lowest BCUT2D eigenvalue weighted by Gasteiger charge is -2.13. The van der Waals surface area contributed by atoms with Crippen molar-refractivity contribution < 1.29 is 18.3 Å². The molecule has 0 fully saturated rings. The smallest absolute Gasteiger partial charge is 0.307 e. The minimum absolute atomic E-state index is 0.0629. The van der Waals surface area contributed by atoms with Crippen LogP contribution in [0.5, 0.6) is 0 Å². The average molecular weight is 264 g/mol. The van der Waals surface area contributed by atoms with E-state index >= 15 is 0 Å². The first-order chi connectivity index (χ1) is 7.95. The number of halogens is 3. The van der Waals surface area contributed by atoms with Crippen molar-refractivity contribution >= 4 is 17.6 Å². The second-order valence-corrected chi connectivity index (χ2v) is 3.84. The highest BCUT2D eigenvalue weighted by atomic mass is 35.5. The fraction of sp³-hybridized carbons (Fsp3) is 0.364. The number of nitrogens with two attached hydrogens (primary N) is 1. The highest BCUT2D eigenvalue weighted by Crippen LogP contribution is 2.25. The van der Waals surface area contributed by atoms with E-state index in [2.05, 4.69) is 4.74 Å². The maximum Gasteiger partial charge on any atom is 0.307 e. The van der Waals surface area contributed by atoms with Crippen LogP contribution in [0.25, 0.3) is 0 Å². The molecule has 0 aliphatic rings. The SMILES string of the molecule is CCOC(=O)C[C@H](N)c1c(F)cc(Cl)cc1F. The molecule has 0 aliphatic carbocycles. The summed E-state index contributed by atoms with van der Waals surface area (Å²) in [5.74, 6) is -2.34. The first kappa shape index (κ1) is 13.9. The van der Waals surface area contributed by atoms with Crippen LogP contribution in [0.3, 0.4) is 0 Å². The van der Waals surface area contributed by atoms with Gasteiger partial charge in [0.2, 0.25) is 0 Å². The van der Waals surface area contributed by atoms with E-state index in [1.54, 1.807) is 6.92 Å². The Morgan fingerprint density at radius 1 is 1.47 bits per heavy atom. The Kier molecular flexibility index (Phi) is 4.84. The Labute approximate surface area is 103 Å². The van der Waals surface area contributed by atoms with Crippen LogP contribution >= 0.6 is 11.6 Å². The van der Waals surface area contributed by atoms with E-state index in [1.165, 1.54) is 0 Å². The number of hydrogen-bond acceptors (Lipinski definition) is 3. The zero-order valence-electron chi connectivity index (χ0n) is 9.17. The third-order valence-corrected chi connectivity index (χ3v) is 2.32. The first-order valence-corrected chi connectivity index (χ1v) is 5.39. The average Bonchev–Trinajstić information content (AvgIpc) is 2.15. The fourth-order valence-corrected chi connectivity index (χ4v) is 1.60. The second kappa shape index (κ2) is 5.93. The number of carbonyl (C=O) groups is 1. The largest absolute Gasteiger partial charge is 0.466 e. The highest BCUT2D eigenvalue weighted by molar-refractivity contribution is 6.30. The van der Waals surface area contributed by atoms with Crippen LogP contribution < -0.4 is 5.73 Å². The molecule has 0 saturated carbocycles. The molecule has 0 spiro atoms. The van der Waals surface area contributed by atoms with Crippen molar-refractivity contribution in [1.82, 2.24) is 0 Å². The van der Waals surface area contributed by atoms with Crippen LogP contribution in [-0.2, 0) is 9.53 Å². The lowest BCUT2D eigenvalue weighted by atomic mass is 10.0. The summed E-state index contributed by atoms with van der Waals surface area (Å²) < 4.78 is 31.5. The van der Waals surface area contributed by atoms with Gasteiger partial charge >= 0.3 is 5.97 Å². The van der Waals surface area contributed by atoms with Crippen molar-refractivity contribution in [2.75, 3.05) is 6.61 Å². The molecule has 0 heterocycles. The summed E-state index contributed by atoms with van der Waals surface area (Å²) in [5.41, 5.74) is 5.20. The van der Waals surface area contributed by atoms with Crippen molar-refractivity contribution in [3.05, 3.63) is 34.4 Å². The van der Waals surface area contributed by atoms with Gasteiger partial charge in [0.15, 0.2) is 0 Å². The molecule has 2 N–H and O–H groups in total. The van der Waals surface area contributed by atoms with E-state index in [0.29, 0.717) is 0 Å². The molecular formula is C11H12ClF2NO2. The predicted molar refractivity (Wildman–Crippen MR) is 59.5 cm³/mol. The number of carbonyl (C=O) groups excluding carboxylic acids is 1. The van der Waals surface area contributed by atoms with Gasteiger partial charge in [0.25, 0.3) is 0 Å². The summed E-state index contributed by atoms with van der Waals surface area (Å²) in [6.45, 7) is 1.82. The normalized spacial score (nSPS) is 12.3. The molecule has 94 valence electrons. The number of rotatable bonds is 4. The lowest BCUT2D eigenvalue weighted by molar-refractivity contribution is -0.143. The van der Waals surface area contributed by atoms with Crippen molar-refractivity contribution in [3.8, 4) is 0 Å². The summed E-state index contributed by atoms with van der Waals surface area (Å²) in [7, 11) is 0. The monoisotopic (exact) mass is 263 g/mol. The minimum Gasteiger partial charge on any atom is -0.466 e. The Hall–Kier alpha value is -1.20. The standard InChI is InChI=1S/C11H12ClF2NO2/c1-2-17-10(16)5-9(15)11-7(13)3-6(12)4-8(11)14/h3-4,9H,2,5,15H2,1H3/t9-/m0/s1. The first-order valence-electron chi connectivity index (χ1n) is 5.01. The third kappa shape index (κ3) is 3.64. The summed E-state index contributed by atoms with van der Waals surface area (Å²) in [5, 5.41) is -0.0629. The molecular weight excluding hydrogens is 252 g/mol. The van der Waals surface area contributed by atoms with Gasteiger partial charge < -0.3 is 10.5 Å². The second-order valence-electron chi connectivity index (χ2n) is 3.40. The van der Waals surface area contributed by atoms with E-state index in [4.69, 9.17) is 17.3 Å². The Morgan fingerprint density at radius 2 is 2.00 bits per heavy atom. The van der Waals surface area contributed by atoms with E-state index in [0.717, 1.165) is 12.1 Å². The molecule has 0 aromatic heterocycles. The molecule has 1 aromatic rings. The van der Waals surface area contributed by atoms with Gasteiger partial charge in [-0.15, -0.1) is 0 Å². The summed E-state index contributed by atoms with van der Waals surface area (Å²) in [4.78, 5) is 11.1. The molecule has 0 saturated heterocycles. The molecule has 6 heteroatoms. The van der Waals surface area contributed by atoms with E-state index < -0.39 is 23.6 Å². The van der Waals surface area contributed by atoms with Crippen LogP contribution in [-0.4, -0.2) is 12.6 Å². The summed E-state index contributed by atoms with van der Waals surface area (Å²) in [6.07, 6.45) is -0.288. The third-order valence-electron chi connectivity index (χ3n) is 2.11. The Bertz CT molecular complexity index is 403. The summed E-state index contributed by atoms with van der Waals surface area (Å²) >= 11 is 5.47. The highest BCUT2D eigenvalue weighted by Gasteiger charge is 2.20. The number of benzene rings is 1. The molecule has 1 atom stereocenters. The van der Waals surface area contributed by atoms with E-state index in [1.807, 2.05) is 0 Å². The maximum atomic E-state index is 13.4. The molecule has 0 radical (unpaired) electrons. The van der Waals surface area contributed by atoms with Crippen LogP contribution in [0, 0.1) is 11.6 Å². The molecule has 1 rings (SSSR count). The van der Waals surface area contributed by atoms with Gasteiger partial charge in [-0.25, -0.2) is 8.78 Å². The molecule has 17 heavy (non-hydrogen) atoms. The zero-order chi connectivity index (χ0) is 13.0. The minimum atomic E-state index is -1.09. The van der Waals surface area contributed by atoms with Crippen molar-refractivity contribution in [3.63, 3.8) is 0 Å². The van der Waals surface area contributed by atoms with Crippen LogP contribution in [0.2, 0.25) is 5.02 Å². The van der Waals surface area contributed by atoms with E-state index in [-0.39, 0.29) is 23.6 Å². The Balaban J connectivity index is 2.89. The van der Waals surface area contributed by atoms with Crippen molar-refractivity contribution in [2.45, 2.75) is 19.4 Å². The number of hydrogen-bond donors (Lipinski definition) is 1. The molecule has 0 unspecified atom stereocenters. The van der Waals surface area contributed by atoms with Gasteiger partial charge in [-0.1, -0.05) is 11.6 Å². The molecule has 0 aliphatic heterocycles. The van der Waals surface area contributed by atoms with Crippen LogP contribution in [0.1, 0.15) is 24.9 Å². The molecule has 1 aromatic carbocycles. The molecule has 3 nitrogen and oxygen atoms in total. The Morgan fingerprint density at radius 3 is 2.47 bits per heavy atom. The van der Waals surface area contributed by atoms with Crippen molar-refractivity contribution in [2.24, 2.45) is 5.73 Å². The van der Waals surface area contributed by atoms with Gasteiger partial charge in [0.05, 0.1) is 13.0 Å². The van der Waals surface area contributed by atoms with Gasteiger partial charge in [-0.3, -0.25) is 4.79 Å². The van der Waals surface area contributed by atoms with E-state index in [9.17, 15) is 13.6 Å². The topological polar surface area (TPSA) is 52.3 Å². The van der Waals surface area contributed by atoms with Gasteiger partial charge in [-0.2, -0.15) is 0 Å². The maximum absolute atomic E-state index is 13.4. The van der Waals surface area contributed by atoms with Gasteiger partial charge in [0, 0.05) is 16.6 Å². The van der Waals surface area contributed by atoms with Gasteiger partial charge in [0.1, 0.15) is 11.6 Å². The zero-order valence-corrected chi connectivity index (χ0v) is 9.93. The number of ether oxygens (including phenoxy) is 1. The van der Waals surface area contributed by atoms with Crippen LogP contribution in [0.4, 0.5) is 8.78 Å².